The van der Waals surface area contributed by atoms with E-state index in [1.807, 2.05) is 0 Å². The standard InChI is InChI=1S/C19H40O4S.K/c1-2-3-4-5-6-7-8-9-10-11-12-13-16-19(20)17-14-15-18-24(21,22)23;/h19-20H,2-18H2,1H3,(H,21,22,23);/q;+1/p-1. The molecule has 0 saturated heterocycles. The Bertz CT molecular complexity index is 360. The van der Waals surface area contributed by atoms with E-state index in [9.17, 15) is 18.1 Å². The van der Waals surface area contributed by atoms with Gasteiger partial charge < -0.3 is 9.66 Å². The van der Waals surface area contributed by atoms with Gasteiger partial charge in [-0.25, -0.2) is 8.42 Å². The van der Waals surface area contributed by atoms with Gasteiger partial charge in [0.25, 0.3) is 0 Å². The Kier molecular flexibility index (Phi) is 23.3. The van der Waals surface area contributed by atoms with E-state index in [1.54, 1.807) is 0 Å². The summed E-state index contributed by atoms with van der Waals surface area (Å²) in [7, 11) is -4.09. The zero-order valence-corrected chi connectivity index (χ0v) is 20.6. The fraction of sp³-hybridized carbons (Fsp3) is 1.00. The van der Waals surface area contributed by atoms with Crippen molar-refractivity contribution in [2.45, 2.75) is 116 Å². The molecule has 0 bridgehead atoms. The first kappa shape index (κ1) is 28.7. The van der Waals surface area contributed by atoms with Crippen LogP contribution in [0.15, 0.2) is 0 Å². The summed E-state index contributed by atoms with van der Waals surface area (Å²) in [6, 6.07) is 0. The molecule has 0 saturated carbocycles. The minimum atomic E-state index is -4.09. The molecule has 0 aromatic carbocycles. The van der Waals surface area contributed by atoms with Gasteiger partial charge in [0.2, 0.25) is 0 Å². The Balaban J connectivity index is 0. The molecule has 1 N–H and O–H groups in total. The van der Waals surface area contributed by atoms with Crippen molar-refractivity contribution in [3.05, 3.63) is 0 Å². The van der Waals surface area contributed by atoms with Crippen molar-refractivity contribution in [3.63, 3.8) is 0 Å². The van der Waals surface area contributed by atoms with E-state index in [0.29, 0.717) is 19.3 Å². The Morgan fingerprint density at radius 3 is 1.48 bits per heavy atom. The van der Waals surface area contributed by atoms with Crippen molar-refractivity contribution >= 4 is 10.1 Å². The fourth-order valence-electron chi connectivity index (χ4n) is 3.02. The van der Waals surface area contributed by atoms with Crippen molar-refractivity contribution in [3.8, 4) is 0 Å². The van der Waals surface area contributed by atoms with E-state index >= 15 is 0 Å². The third kappa shape index (κ3) is 25.5. The van der Waals surface area contributed by atoms with Crippen LogP contribution in [0.1, 0.15) is 110 Å². The first-order valence-electron chi connectivity index (χ1n) is 10.1. The maximum atomic E-state index is 10.5. The molecule has 0 rings (SSSR count). The summed E-state index contributed by atoms with van der Waals surface area (Å²) >= 11 is 0. The third-order valence-corrected chi connectivity index (χ3v) is 5.36. The summed E-state index contributed by atoms with van der Waals surface area (Å²) in [4.78, 5) is 0. The molecule has 0 heterocycles. The fourth-order valence-corrected chi connectivity index (χ4v) is 3.58. The van der Waals surface area contributed by atoms with Crippen molar-refractivity contribution in [2.75, 3.05) is 5.75 Å². The van der Waals surface area contributed by atoms with Gasteiger partial charge >= 0.3 is 51.4 Å². The van der Waals surface area contributed by atoms with Gasteiger partial charge in [-0.05, 0) is 25.7 Å². The summed E-state index contributed by atoms with van der Waals surface area (Å²) in [6.45, 7) is 2.25. The van der Waals surface area contributed by atoms with Crippen LogP contribution in [0.3, 0.4) is 0 Å². The number of hydrogen-bond acceptors (Lipinski definition) is 4. The zero-order chi connectivity index (χ0) is 18.1. The van der Waals surface area contributed by atoms with E-state index < -0.39 is 10.1 Å². The molecule has 0 radical (unpaired) electrons. The maximum absolute atomic E-state index is 10.5. The minimum absolute atomic E-state index is 0. The SMILES string of the molecule is CCCCCCCCCCCCCCC(O)CCCCS(=O)(=O)[O-].[K+]. The molecule has 0 spiro atoms. The van der Waals surface area contributed by atoms with Gasteiger partial charge in [-0.2, -0.15) is 0 Å². The van der Waals surface area contributed by atoms with E-state index in [2.05, 4.69) is 6.92 Å². The summed E-state index contributed by atoms with van der Waals surface area (Å²) in [5.41, 5.74) is 0. The topological polar surface area (TPSA) is 77.4 Å². The van der Waals surface area contributed by atoms with Crippen LogP contribution in [0, 0.1) is 0 Å². The minimum Gasteiger partial charge on any atom is -0.748 e. The van der Waals surface area contributed by atoms with E-state index in [-0.39, 0.29) is 63.2 Å². The molecular weight excluding hydrogens is 363 g/mol. The predicted molar refractivity (Wildman–Crippen MR) is 100 cm³/mol. The number of rotatable bonds is 18. The maximum Gasteiger partial charge on any atom is 1.00 e. The molecule has 6 heteroatoms. The van der Waals surface area contributed by atoms with Gasteiger partial charge in [0.05, 0.1) is 16.2 Å². The van der Waals surface area contributed by atoms with Crippen molar-refractivity contribution in [1.82, 2.24) is 0 Å². The second kappa shape index (κ2) is 20.2. The molecule has 4 nitrogen and oxygen atoms in total. The number of aliphatic hydroxyl groups is 1. The molecular formula is C19H39KO4S. The van der Waals surface area contributed by atoms with E-state index in [4.69, 9.17) is 0 Å². The zero-order valence-electron chi connectivity index (χ0n) is 16.7. The van der Waals surface area contributed by atoms with Crippen LogP contribution >= 0.6 is 0 Å². The summed E-state index contributed by atoms with van der Waals surface area (Å²) in [5, 5.41) is 9.81. The van der Waals surface area contributed by atoms with E-state index in [0.717, 1.165) is 12.8 Å². The molecule has 0 aromatic heterocycles. The van der Waals surface area contributed by atoms with Crippen LogP contribution in [-0.2, 0) is 10.1 Å². The van der Waals surface area contributed by atoms with Gasteiger partial charge in [-0.3, -0.25) is 0 Å². The van der Waals surface area contributed by atoms with Crippen molar-refractivity contribution in [2.24, 2.45) is 0 Å². The second-order valence-electron chi connectivity index (χ2n) is 7.09. The number of unbranched alkanes of at least 4 members (excludes halogenated alkanes) is 12. The van der Waals surface area contributed by atoms with Crippen LogP contribution in [-0.4, -0.2) is 29.9 Å². The smallest absolute Gasteiger partial charge is 0.748 e. The van der Waals surface area contributed by atoms with Gasteiger partial charge in [0.15, 0.2) is 0 Å². The summed E-state index contributed by atoms with van der Waals surface area (Å²) in [6.07, 6.45) is 17.7. The molecule has 0 aliphatic rings. The van der Waals surface area contributed by atoms with Crippen LogP contribution in [0.2, 0.25) is 0 Å². The Hall–Kier alpha value is 1.51. The van der Waals surface area contributed by atoms with Crippen LogP contribution in [0.4, 0.5) is 0 Å². The predicted octanol–water partition coefficient (Wildman–Crippen LogP) is 2.16. The molecule has 1 atom stereocenters. The van der Waals surface area contributed by atoms with Crippen molar-refractivity contribution in [1.29, 1.82) is 0 Å². The number of aliphatic hydroxyl groups excluding tert-OH is 1. The van der Waals surface area contributed by atoms with Gasteiger partial charge in [-0.15, -0.1) is 0 Å². The molecule has 0 amide bonds. The summed E-state index contributed by atoms with van der Waals surface area (Å²) in [5.74, 6) is -0.307. The molecule has 25 heavy (non-hydrogen) atoms. The van der Waals surface area contributed by atoms with Gasteiger partial charge in [0, 0.05) is 5.75 Å². The molecule has 1 unspecified atom stereocenters. The first-order valence-corrected chi connectivity index (χ1v) is 11.6. The first-order chi connectivity index (χ1) is 11.5. The quantitative estimate of drug-likeness (QED) is 0.216. The summed E-state index contributed by atoms with van der Waals surface area (Å²) < 4.78 is 31.4. The largest absolute Gasteiger partial charge is 1.00 e. The Labute approximate surface area is 199 Å². The normalized spacial score (nSPS) is 12.8. The van der Waals surface area contributed by atoms with Crippen molar-refractivity contribution < 1.29 is 69.5 Å². The van der Waals surface area contributed by atoms with Gasteiger partial charge in [-0.1, -0.05) is 84.0 Å². The molecule has 0 aliphatic carbocycles. The number of hydrogen-bond donors (Lipinski definition) is 1. The van der Waals surface area contributed by atoms with Gasteiger partial charge in [0.1, 0.15) is 0 Å². The van der Waals surface area contributed by atoms with Crippen LogP contribution in [0.5, 0.6) is 0 Å². The van der Waals surface area contributed by atoms with Crippen LogP contribution < -0.4 is 51.4 Å². The monoisotopic (exact) mass is 402 g/mol. The van der Waals surface area contributed by atoms with E-state index in [1.165, 1.54) is 70.6 Å². The second-order valence-corrected chi connectivity index (χ2v) is 8.61. The molecule has 0 aliphatic heterocycles. The average Bonchev–Trinajstić information content (AvgIpc) is 2.52. The molecule has 0 fully saturated rings. The molecule has 146 valence electrons. The third-order valence-electron chi connectivity index (χ3n) is 4.57. The Morgan fingerprint density at radius 1 is 0.720 bits per heavy atom. The van der Waals surface area contributed by atoms with Crippen LogP contribution in [0.25, 0.3) is 0 Å². The molecule has 0 aromatic rings. The average molecular weight is 403 g/mol. The Morgan fingerprint density at radius 2 is 1.08 bits per heavy atom.